The molecule has 3 unspecified atom stereocenters. The molecular weight excluding hydrogens is 442 g/mol. The summed E-state index contributed by atoms with van der Waals surface area (Å²) in [6.45, 7) is 0. The number of rotatable bonds is 3. The summed E-state index contributed by atoms with van der Waals surface area (Å²) in [6.07, 6.45) is 0. The minimum Gasteiger partial charge on any atom is -0.426 e. The number of nitrogens with one attached hydrogen (secondary N) is 2. The van der Waals surface area contributed by atoms with Crippen LogP contribution in [0.2, 0.25) is 0 Å². The van der Waals surface area contributed by atoms with Crippen molar-refractivity contribution in [1.82, 2.24) is 4.98 Å². The molecule has 156 valence electrons. The Balaban J connectivity index is 1.52. The molecule has 2 aliphatic heterocycles. The Morgan fingerprint density at radius 1 is 1.13 bits per heavy atom. The summed E-state index contributed by atoms with van der Waals surface area (Å²) in [6, 6.07) is 12.5. The number of carbonyl (C=O) groups is 2. The standard InChI is InChI=1S/C20H13N3O6S2/c24-17(21-9-5-7-10(8-6-9)23(27)28)15-14-13(16-18(30-15)22-20(26)31-16)11-3-1-2-4-12(11)29-19(14)25/h1-8,13-15H,(H,21,24)(H,22,26). The number of amides is 1. The van der Waals surface area contributed by atoms with E-state index in [2.05, 4.69) is 10.3 Å². The van der Waals surface area contributed by atoms with Gasteiger partial charge in [-0.3, -0.25) is 24.5 Å². The van der Waals surface area contributed by atoms with Crippen molar-refractivity contribution in [3.05, 3.63) is 78.8 Å². The fraction of sp³-hybridized carbons (Fsp3) is 0.150. The molecule has 0 bridgehead atoms. The third-order valence-electron chi connectivity index (χ3n) is 5.20. The number of para-hydroxylation sites is 1. The number of carbonyl (C=O) groups excluding carboxylic acids is 2. The van der Waals surface area contributed by atoms with Gasteiger partial charge in [-0.2, -0.15) is 0 Å². The predicted octanol–water partition coefficient (Wildman–Crippen LogP) is 3.12. The monoisotopic (exact) mass is 455 g/mol. The minimum atomic E-state index is -0.862. The number of nitro groups is 1. The van der Waals surface area contributed by atoms with Crippen molar-refractivity contribution in [1.29, 1.82) is 0 Å². The van der Waals surface area contributed by atoms with Gasteiger partial charge in [0, 0.05) is 34.2 Å². The number of aromatic nitrogens is 1. The van der Waals surface area contributed by atoms with Crippen LogP contribution in [0.15, 0.2) is 58.4 Å². The van der Waals surface area contributed by atoms with E-state index in [1.54, 1.807) is 12.1 Å². The van der Waals surface area contributed by atoms with Crippen molar-refractivity contribution in [3.8, 4) is 5.75 Å². The van der Waals surface area contributed by atoms with Crippen molar-refractivity contribution in [2.24, 2.45) is 5.92 Å². The highest BCUT2D eigenvalue weighted by molar-refractivity contribution is 8.00. The van der Waals surface area contributed by atoms with Crippen molar-refractivity contribution in [2.45, 2.75) is 16.2 Å². The van der Waals surface area contributed by atoms with Crippen LogP contribution in [0.5, 0.6) is 5.75 Å². The molecule has 2 aromatic carbocycles. The van der Waals surface area contributed by atoms with E-state index in [4.69, 9.17) is 4.74 Å². The van der Waals surface area contributed by atoms with Crippen LogP contribution in [0.4, 0.5) is 11.4 Å². The molecule has 3 aromatic rings. The maximum atomic E-state index is 13.2. The summed E-state index contributed by atoms with van der Waals surface area (Å²) in [5.41, 5.74) is 1.01. The first-order valence-electron chi connectivity index (χ1n) is 9.18. The summed E-state index contributed by atoms with van der Waals surface area (Å²) in [4.78, 5) is 51.6. The molecule has 2 aliphatic rings. The molecule has 3 heterocycles. The molecule has 1 amide bonds. The van der Waals surface area contributed by atoms with Gasteiger partial charge in [-0.25, -0.2) is 0 Å². The van der Waals surface area contributed by atoms with Gasteiger partial charge >= 0.3 is 10.8 Å². The van der Waals surface area contributed by atoms with E-state index in [1.165, 1.54) is 24.3 Å². The van der Waals surface area contributed by atoms with Gasteiger partial charge in [0.25, 0.3) is 5.69 Å². The highest BCUT2D eigenvalue weighted by Crippen LogP contribution is 2.53. The summed E-state index contributed by atoms with van der Waals surface area (Å²) in [7, 11) is 0. The van der Waals surface area contributed by atoms with Crippen molar-refractivity contribution in [2.75, 3.05) is 5.32 Å². The Morgan fingerprint density at radius 3 is 2.61 bits per heavy atom. The summed E-state index contributed by atoms with van der Waals surface area (Å²) in [5.74, 6) is -1.88. The van der Waals surface area contributed by atoms with Crippen LogP contribution in [0.1, 0.15) is 16.4 Å². The van der Waals surface area contributed by atoms with E-state index in [9.17, 15) is 24.5 Å². The lowest BCUT2D eigenvalue weighted by Gasteiger charge is -2.38. The van der Waals surface area contributed by atoms with Crippen LogP contribution < -0.4 is 14.9 Å². The lowest BCUT2D eigenvalue weighted by atomic mass is 9.80. The third-order valence-corrected chi connectivity index (χ3v) is 7.61. The molecule has 31 heavy (non-hydrogen) atoms. The Kier molecular flexibility index (Phi) is 4.63. The summed E-state index contributed by atoms with van der Waals surface area (Å²) < 4.78 is 5.50. The summed E-state index contributed by atoms with van der Waals surface area (Å²) in [5, 5.41) is 13.2. The number of nitrogens with zero attached hydrogens (tertiary/aromatic N) is 1. The number of thiazole rings is 1. The first-order chi connectivity index (χ1) is 14.9. The average Bonchev–Trinajstić information content (AvgIpc) is 3.13. The number of nitro benzene ring substituents is 1. The number of hydrogen-bond acceptors (Lipinski definition) is 8. The average molecular weight is 455 g/mol. The van der Waals surface area contributed by atoms with Gasteiger partial charge in [-0.1, -0.05) is 41.3 Å². The van der Waals surface area contributed by atoms with Gasteiger partial charge in [0.15, 0.2) is 0 Å². The smallest absolute Gasteiger partial charge is 0.317 e. The zero-order valence-corrected chi connectivity index (χ0v) is 17.2. The van der Waals surface area contributed by atoms with E-state index < -0.39 is 33.9 Å². The molecule has 11 heteroatoms. The normalized spacial score (nSPS) is 21.3. The Hall–Kier alpha value is -3.44. The van der Waals surface area contributed by atoms with Crippen LogP contribution in [-0.4, -0.2) is 27.0 Å². The highest BCUT2D eigenvalue weighted by atomic mass is 32.2. The van der Waals surface area contributed by atoms with Crippen LogP contribution >= 0.6 is 23.1 Å². The van der Waals surface area contributed by atoms with Crippen molar-refractivity contribution < 1.29 is 19.2 Å². The van der Waals surface area contributed by atoms with Gasteiger partial charge in [0.2, 0.25) is 5.91 Å². The number of anilines is 1. The van der Waals surface area contributed by atoms with Gasteiger partial charge in [0.1, 0.15) is 11.0 Å². The fourth-order valence-electron chi connectivity index (χ4n) is 3.85. The molecule has 3 atom stereocenters. The molecular formula is C20H13N3O6S2. The predicted molar refractivity (Wildman–Crippen MR) is 114 cm³/mol. The second-order valence-electron chi connectivity index (χ2n) is 7.00. The molecule has 1 aromatic heterocycles. The molecule has 0 saturated heterocycles. The second kappa shape index (κ2) is 7.36. The van der Waals surface area contributed by atoms with Crippen LogP contribution in [-0.2, 0) is 9.59 Å². The Bertz CT molecular complexity index is 1280. The number of non-ortho nitro benzene ring substituents is 1. The maximum Gasteiger partial charge on any atom is 0.317 e. The van der Waals surface area contributed by atoms with E-state index in [-0.39, 0.29) is 10.6 Å². The van der Waals surface area contributed by atoms with Crippen molar-refractivity contribution in [3.63, 3.8) is 0 Å². The Morgan fingerprint density at radius 2 is 1.87 bits per heavy atom. The zero-order chi connectivity index (χ0) is 21.7. The highest BCUT2D eigenvalue weighted by Gasteiger charge is 2.51. The molecule has 0 radical (unpaired) electrons. The van der Waals surface area contributed by atoms with Crippen LogP contribution in [0.3, 0.4) is 0 Å². The lowest BCUT2D eigenvalue weighted by Crippen LogP contribution is -2.46. The molecule has 0 spiro atoms. The molecule has 0 fully saturated rings. The van der Waals surface area contributed by atoms with E-state index in [0.29, 0.717) is 21.3 Å². The molecule has 0 saturated carbocycles. The SMILES string of the molecule is O=C(Nc1ccc([N+](=O)[O-])cc1)C1Sc2[nH]c(=O)sc2C2c3ccccc3OC(=O)C12. The van der Waals surface area contributed by atoms with E-state index in [1.807, 2.05) is 12.1 Å². The van der Waals surface area contributed by atoms with Gasteiger partial charge in [-0.15, -0.1) is 0 Å². The molecule has 5 rings (SSSR count). The first-order valence-corrected chi connectivity index (χ1v) is 10.9. The second-order valence-corrected chi connectivity index (χ2v) is 9.17. The van der Waals surface area contributed by atoms with E-state index >= 15 is 0 Å². The van der Waals surface area contributed by atoms with Gasteiger partial charge in [-0.05, 0) is 18.2 Å². The van der Waals surface area contributed by atoms with Crippen molar-refractivity contribution >= 4 is 46.3 Å². The number of fused-ring (bicyclic) bond motifs is 5. The summed E-state index contributed by atoms with van der Waals surface area (Å²) >= 11 is 2.14. The number of aromatic amines is 1. The molecule has 0 aliphatic carbocycles. The molecule has 2 N–H and O–H groups in total. The van der Waals surface area contributed by atoms with Crippen LogP contribution in [0.25, 0.3) is 0 Å². The number of ether oxygens (including phenoxy) is 1. The minimum absolute atomic E-state index is 0.0990. The fourth-order valence-corrected chi connectivity index (χ4v) is 6.31. The van der Waals surface area contributed by atoms with E-state index in [0.717, 1.165) is 28.7 Å². The number of thioether (sulfide) groups is 1. The van der Waals surface area contributed by atoms with Gasteiger partial charge < -0.3 is 15.0 Å². The quantitative estimate of drug-likeness (QED) is 0.268. The number of H-pyrrole nitrogens is 1. The van der Waals surface area contributed by atoms with Crippen LogP contribution in [0, 0.1) is 16.0 Å². The Labute approximate surface area is 182 Å². The third kappa shape index (κ3) is 3.31. The number of benzene rings is 2. The lowest BCUT2D eigenvalue weighted by molar-refractivity contribution is -0.384. The number of hydrogen-bond donors (Lipinski definition) is 2. The first kappa shape index (κ1) is 19.5. The largest absolute Gasteiger partial charge is 0.426 e. The topological polar surface area (TPSA) is 131 Å². The number of esters is 1. The van der Waals surface area contributed by atoms with Gasteiger partial charge in [0.05, 0.1) is 15.9 Å². The maximum absolute atomic E-state index is 13.2. The molecule has 9 nitrogen and oxygen atoms in total. The zero-order valence-electron chi connectivity index (χ0n) is 15.6.